The maximum Gasteiger partial charge on any atom is 0.253 e. The zero-order chi connectivity index (χ0) is 17.3. The molecule has 0 aliphatic carbocycles. The van der Waals surface area contributed by atoms with Crippen molar-refractivity contribution in [2.75, 3.05) is 26.7 Å². The Balaban J connectivity index is 1.75. The highest BCUT2D eigenvalue weighted by Crippen LogP contribution is 2.31. The number of hydrogen-bond acceptors (Lipinski definition) is 5. The monoisotopic (exact) mass is 371 g/mol. The number of amides is 1. The molecule has 2 aliphatic rings. The maximum absolute atomic E-state index is 12.9. The molecule has 24 heavy (non-hydrogen) atoms. The fraction of sp³-hybridized carbons (Fsp3) is 0.688. The van der Waals surface area contributed by atoms with Crippen LogP contribution in [0.2, 0.25) is 0 Å². The summed E-state index contributed by atoms with van der Waals surface area (Å²) >= 11 is 1.27. The first-order chi connectivity index (χ1) is 11.4. The molecule has 1 atom stereocenters. The van der Waals surface area contributed by atoms with Crippen LogP contribution in [0.4, 0.5) is 0 Å². The molecule has 3 rings (SSSR count). The predicted molar refractivity (Wildman–Crippen MR) is 94.6 cm³/mol. The Morgan fingerprint density at radius 2 is 1.92 bits per heavy atom. The van der Waals surface area contributed by atoms with Crippen LogP contribution < -0.4 is 5.32 Å². The van der Waals surface area contributed by atoms with E-state index in [1.807, 2.05) is 24.9 Å². The minimum absolute atomic E-state index is 0.0288. The quantitative estimate of drug-likeness (QED) is 0.869. The van der Waals surface area contributed by atoms with E-state index < -0.39 is 16.1 Å². The van der Waals surface area contributed by atoms with E-state index in [0.29, 0.717) is 36.3 Å². The van der Waals surface area contributed by atoms with Crippen molar-refractivity contribution >= 4 is 27.3 Å². The summed E-state index contributed by atoms with van der Waals surface area (Å²) in [4.78, 5) is 15.7. The van der Waals surface area contributed by atoms with Crippen LogP contribution in [0.25, 0.3) is 0 Å². The van der Waals surface area contributed by atoms with Gasteiger partial charge < -0.3 is 10.2 Å². The molecule has 1 aromatic rings. The number of nitrogens with zero attached hydrogens (tertiary/aromatic N) is 2. The zero-order valence-electron chi connectivity index (χ0n) is 14.2. The van der Waals surface area contributed by atoms with E-state index in [-0.39, 0.29) is 5.91 Å². The van der Waals surface area contributed by atoms with E-state index in [4.69, 9.17) is 0 Å². The Hall–Kier alpha value is -0.960. The maximum atomic E-state index is 12.9. The number of nitrogens with one attached hydrogen (secondary N) is 1. The molecule has 0 spiro atoms. The smallest absolute Gasteiger partial charge is 0.253 e. The summed E-state index contributed by atoms with van der Waals surface area (Å²) in [6, 6.07) is 3.37. The van der Waals surface area contributed by atoms with Gasteiger partial charge in [-0.3, -0.25) is 4.79 Å². The normalized spacial score (nSPS) is 23.8. The molecule has 0 saturated carbocycles. The number of hydrogen-bond donors (Lipinski definition) is 1. The molecular weight excluding hydrogens is 346 g/mol. The minimum atomic E-state index is -3.57. The Morgan fingerprint density at radius 1 is 1.21 bits per heavy atom. The molecule has 1 aromatic heterocycles. The molecule has 2 aliphatic heterocycles. The number of thiophene rings is 1. The first-order valence-electron chi connectivity index (χ1n) is 8.48. The fourth-order valence-electron chi connectivity index (χ4n) is 3.54. The van der Waals surface area contributed by atoms with Crippen LogP contribution in [-0.2, 0) is 14.8 Å². The van der Waals surface area contributed by atoms with Crippen molar-refractivity contribution in [1.82, 2.24) is 14.5 Å². The third-order valence-electron chi connectivity index (χ3n) is 4.98. The van der Waals surface area contributed by atoms with Crippen LogP contribution >= 0.6 is 11.3 Å². The third-order valence-corrected chi connectivity index (χ3v) is 8.36. The molecule has 1 amide bonds. The lowest BCUT2D eigenvalue weighted by Gasteiger charge is -2.35. The first kappa shape index (κ1) is 17.8. The summed E-state index contributed by atoms with van der Waals surface area (Å²) in [5.74, 6) is -0.0288. The number of rotatable bonds is 4. The number of aryl methyl sites for hydroxylation is 1. The molecule has 1 N–H and O–H groups in total. The van der Waals surface area contributed by atoms with Crippen molar-refractivity contribution in [1.29, 1.82) is 0 Å². The Morgan fingerprint density at radius 3 is 2.50 bits per heavy atom. The number of carbonyl (C=O) groups is 1. The molecule has 0 bridgehead atoms. The molecule has 6 nitrogen and oxygen atoms in total. The van der Waals surface area contributed by atoms with Crippen LogP contribution in [0.3, 0.4) is 0 Å². The lowest BCUT2D eigenvalue weighted by Crippen LogP contribution is -2.51. The molecule has 8 heteroatoms. The van der Waals surface area contributed by atoms with Gasteiger partial charge in [-0.25, -0.2) is 8.42 Å². The minimum Gasteiger partial charge on any atom is -0.341 e. The van der Waals surface area contributed by atoms with Gasteiger partial charge in [0.2, 0.25) is 5.91 Å². The van der Waals surface area contributed by atoms with E-state index in [1.54, 1.807) is 6.07 Å². The van der Waals surface area contributed by atoms with Crippen LogP contribution in [0, 0.1) is 6.92 Å². The average Bonchev–Trinajstić information content (AvgIpc) is 3.23. The molecule has 0 aromatic carbocycles. The summed E-state index contributed by atoms with van der Waals surface area (Å²) < 4.78 is 27.6. The van der Waals surface area contributed by atoms with Crippen molar-refractivity contribution in [2.24, 2.45) is 0 Å². The molecule has 134 valence electrons. The standard InChI is InChI=1S/C16H25N3O3S2/c1-12-5-6-15(23-12)24(21,22)19-9-3-4-14(19)16(20)18-10-7-13(17-2)8-11-18/h5-6,13-14,17H,3-4,7-11H2,1-2H3. The van der Waals surface area contributed by atoms with Crippen LogP contribution in [0.5, 0.6) is 0 Å². The van der Waals surface area contributed by atoms with E-state index in [0.717, 1.165) is 24.1 Å². The van der Waals surface area contributed by atoms with Gasteiger partial charge in [-0.05, 0) is 51.8 Å². The van der Waals surface area contributed by atoms with Gasteiger partial charge in [-0.1, -0.05) is 0 Å². The summed E-state index contributed by atoms with van der Waals surface area (Å²) in [6.45, 7) is 3.73. The molecule has 2 saturated heterocycles. The summed E-state index contributed by atoms with van der Waals surface area (Å²) in [5, 5.41) is 3.25. The molecular formula is C16H25N3O3S2. The highest BCUT2D eigenvalue weighted by Gasteiger charge is 2.42. The Bertz CT molecular complexity index is 693. The van der Waals surface area contributed by atoms with E-state index in [1.165, 1.54) is 15.6 Å². The summed E-state index contributed by atoms with van der Waals surface area (Å²) in [5.41, 5.74) is 0. The highest BCUT2D eigenvalue weighted by atomic mass is 32.2. The van der Waals surface area contributed by atoms with Crippen LogP contribution in [-0.4, -0.2) is 62.3 Å². The molecule has 0 radical (unpaired) electrons. The van der Waals surface area contributed by atoms with Gasteiger partial charge in [0.15, 0.2) is 0 Å². The number of sulfonamides is 1. The first-order valence-corrected chi connectivity index (χ1v) is 10.7. The van der Waals surface area contributed by atoms with Gasteiger partial charge >= 0.3 is 0 Å². The largest absolute Gasteiger partial charge is 0.341 e. The van der Waals surface area contributed by atoms with Gasteiger partial charge in [0.1, 0.15) is 10.3 Å². The van der Waals surface area contributed by atoms with Crippen LogP contribution in [0.1, 0.15) is 30.6 Å². The van der Waals surface area contributed by atoms with E-state index >= 15 is 0 Å². The topological polar surface area (TPSA) is 69.7 Å². The second-order valence-corrected chi connectivity index (χ2v) is 9.93. The fourth-order valence-corrected chi connectivity index (χ4v) is 6.60. The molecule has 3 heterocycles. The summed E-state index contributed by atoms with van der Waals surface area (Å²) in [7, 11) is -1.63. The SMILES string of the molecule is CNC1CCN(C(=O)C2CCCN2S(=O)(=O)c2ccc(C)s2)CC1. The van der Waals surface area contributed by atoms with Crippen molar-refractivity contribution in [2.45, 2.75) is 48.9 Å². The highest BCUT2D eigenvalue weighted by molar-refractivity contribution is 7.91. The third kappa shape index (κ3) is 3.37. The lowest BCUT2D eigenvalue weighted by atomic mass is 10.0. The Kier molecular flexibility index (Phi) is 5.29. The van der Waals surface area contributed by atoms with Gasteiger partial charge in [0.05, 0.1) is 0 Å². The number of likely N-dealkylation sites (tertiary alicyclic amines) is 1. The van der Waals surface area contributed by atoms with Crippen molar-refractivity contribution in [3.63, 3.8) is 0 Å². The molecule has 2 fully saturated rings. The Labute approximate surface area is 147 Å². The van der Waals surface area contributed by atoms with Crippen molar-refractivity contribution in [3.05, 3.63) is 17.0 Å². The zero-order valence-corrected chi connectivity index (χ0v) is 15.8. The lowest BCUT2D eigenvalue weighted by molar-refractivity contribution is -0.135. The van der Waals surface area contributed by atoms with E-state index in [9.17, 15) is 13.2 Å². The average molecular weight is 372 g/mol. The van der Waals surface area contributed by atoms with Gasteiger partial charge in [-0.15, -0.1) is 11.3 Å². The van der Waals surface area contributed by atoms with Crippen LogP contribution in [0.15, 0.2) is 16.3 Å². The van der Waals surface area contributed by atoms with Gasteiger partial charge in [-0.2, -0.15) is 4.31 Å². The van der Waals surface area contributed by atoms with E-state index in [2.05, 4.69) is 5.32 Å². The predicted octanol–water partition coefficient (Wildman–Crippen LogP) is 1.42. The van der Waals surface area contributed by atoms with Crippen molar-refractivity contribution < 1.29 is 13.2 Å². The second-order valence-electron chi connectivity index (χ2n) is 6.53. The molecule has 1 unspecified atom stereocenters. The number of carbonyl (C=O) groups excluding carboxylic acids is 1. The van der Waals surface area contributed by atoms with Gasteiger partial charge in [0.25, 0.3) is 10.0 Å². The number of piperidine rings is 1. The summed E-state index contributed by atoms with van der Waals surface area (Å²) in [6.07, 6.45) is 3.21. The second kappa shape index (κ2) is 7.11. The van der Waals surface area contributed by atoms with Gasteiger partial charge in [0, 0.05) is 30.6 Å². The van der Waals surface area contributed by atoms with Crippen molar-refractivity contribution in [3.8, 4) is 0 Å².